The molecule has 0 spiro atoms. The average molecular weight is 723 g/mol. The second-order valence-corrected chi connectivity index (χ2v) is 12.7. The van der Waals surface area contributed by atoms with E-state index >= 15 is 0 Å². The highest BCUT2D eigenvalue weighted by atomic mass is 16.7. The quantitative estimate of drug-likeness (QED) is 0.0466. The Balaban J connectivity index is 3.54. The van der Waals surface area contributed by atoms with Crippen molar-refractivity contribution in [2.24, 2.45) is 0 Å². The second kappa shape index (κ2) is 26.4. The van der Waals surface area contributed by atoms with Crippen LogP contribution < -0.4 is 0 Å². The highest BCUT2D eigenvalue weighted by Crippen LogP contribution is 2.31. The lowest BCUT2D eigenvalue weighted by molar-refractivity contribution is -0.313. The van der Waals surface area contributed by atoms with Crippen LogP contribution in [0.15, 0.2) is 0 Å². The largest absolute Gasteiger partial charge is 0.463 e. The Morgan fingerprint density at radius 1 is 0.580 bits per heavy atom. The van der Waals surface area contributed by atoms with Crippen molar-refractivity contribution < 1.29 is 73.1 Å². The first-order chi connectivity index (χ1) is 23.9. The Bertz CT molecular complexity index is 962. The van der Waals surface area contributed by atoms with Gasteiger partial charge in [0, 0.05) is 25.7 Å². The molecule has 5 N–H and O–H groups in total. The summed E-state index contributed by atoms with van der Waals surface area (Å²) < 4.78 is 34.8. The van der Waals surface area contributed by atoms with Gasteiger partial charge in [-0.05, 0) is 25.7 Å². The molecule has 1 rings (SSSR count). The summed E-state index contributed by atoms with van der Waals surface area (Å²) in [7, 11) is 0. The zero-order valence-corrected chi connectivity index (χ0v) is 30.2. The molecule has 0 aliphatic carbocycles. The molecule has 0 aromatic carbocycles. The smallest absolute Gasteiger partial charge is 0.306 e. The Morgan fingerprint density at radius 3 is 1.52 bits per heavy atom. The lowest BCUT2D eigenvalue weighted by Crippen LogP contribution is -2.63. The topological polar surface area (TPSA) is 225 Å². The Labute approximate surface area is 295 Å². The number of rotatable bonds is 27. The van der Waals surface area contributed by atoms with Crippen LogP contribution in [0, 0.1) is 0 Å². The van der Waals surface area contributed by atoms with Crippen molar-refractivity contribution in [2.45, 2.75) is 179 Å². The zero-order chi connectivity index (χ0) is 37.5. The standard InChI is InChI=1S/C35H62O15/c1-5-9-13-17-26(39)45-22-25-32(48-28(41)18-14-10-6-2)33(49-29(42)19-15-11-7-3)34(50-27(40)16-12-8-4)35(47-25)46-21-24(38)31(44)30(43)23(37)20-36/h23-25,30-38,43-44H,5-22H2,1-4H3/t23-,24-,25-,30-,31-,32-,33+,34+,35-/m1/s1. The number of aliphatic hydroxyl groups is 5. The molecule has 0 amide bonds. The van der Waals surface area contributed by atoms with Gasteiger partial charge in [0.15, 0.2) is 24.6 Å². The van der Waals surface area contributed by atoms with Crippen LogP contribution in [0.4, 0.5) is 0 Å². The molecular weight excluding hydrogens is 660 g/mol. The van der Waals surface area contributed by atoms with Crippen molar-refractivity contribution in [2.75, 3.05) is 19.8 Å². The van der Waals surface area contributed by atoms with Gasteiger partial charge in [0.05, 0.1) is 13.2 Å². The van der Waals surface area contributed by atoms with E-state index in [-0.39, 0.29) is 25.7 Å². The van der Waals surface area contributed by atoms with E-state index in [0.717, 1.165) is 38.5 Å². The lowest BCUT2D eigenvalue weighted by atomic mass is 9.97. The number of carbonyl (C=O) groups is 4. The van der Waals surface area contributed by atoms with Crippen LogP contribution >= 0.6 is 0 Å². The van der Waals surface area contributed by atoms with E-state index in [2.05, 4.69) is 0 Å². The SMILES string of the molecule is CCCCCC(=O)OC[C@H]1O[C@@H](OC[C@@H](O)[C@@H](O)[C@H](O)[C@H](O)CO)[C@@H](OC(=O)CCCC)[C@@H](OC(=O)CCCCC)[C@@H]1OC(=O)CCCCC. The normalized spacial score (nSPS) is 22.9. The number of hydrogen-bond donors (Lipinski definition) is 5. The minimum Gasteiger partial charge on any atom is -0.463 e. The molecule has 15 heteroatoms. The van der Waals surface area contributed by atoms with Gasteiger partial charge in [0.25, 0.3) is 0 Å². The lowest BCUT2D eigenvalue weighted by Gasteiger charge is -2.44. The van der Waals surface area contributed by atoms with Crippen LogP contribution in [-0.4, -0.2) is 124 Å². The van der Waals surface area contributed by atoms with E-state index in [0.29, 0.717) is 32.1 Å². The Kier molecular flexibility index (Phi) is 24.1. The van der Waals surface area contributed by atoms with Crippen LogP contribution in [0.25, 0.3) is 0 Å². The first-order valence-electron chi connectivity index (χ1n) is 18.3. The van der Waals surface area contributed by atoms with E-state index in [1.807, 2.05) is 27.7 Å². The van der Waals surface area contributed by atoms with Gasteiger partial charge in [-0.3, -0.25) is 19.2 Å². The van der Waals surface area contributed by atoms with Crippen molar-refractivity contribution in [3.05, 3.63) is 0 Å². The number of ether oxygens (including phenoxy) is 6. The third-order valence-corrected chi connectivity index (χ3v) is 8.25. The van der Waals surface area contributed by atoms with Crippen molar-refractivity contribution in [3.8, 4) is 0 Å². The fourth-order valence-electron chi connectivity index (χ4n) is 5.16. The minimum atomic E-state index is -1.98. The highest BCUT2D eigenvalue weighted by Gasteiger charge is 2.53. The van der Waals surface area contributed by atoms with Gasteiger partial charge >= 0.3 is 23.9 Å². The Morgan fingerprint density at radius 2 is 1.02 bits per heavy atom. The van der Waals surface area contributed by atoms with E-state index in [4.69, 9.17) is 33.5 Å². The summed E-state index contributed by atoms with van der Waals surface area (Å²) in [6, 6.07) is 0. The van der Waals surface area contributed by atoms with Crippen LogP contribution in [0.5, 0.6) is 0 Å². The number of carbonyl (C=O) groups excluding carboxylic acids is 4. The van der Waals surface area contributed by atoms with Crippen molar-refractivity contribution >= 4 is 23.9 Å². The van der Waals surface area contributed by atoms with Gasteiger partial charge in [-0.1, -0.05) is 72.6 Å². The molecule has 0 aromatic heterocycles. The van der Waals surface area contributed by atoms with Crippen LogP contribution in [-0.2, 0) is 47.6 Å². The number of aliphatic hydroxyl groups excluding tert-OH is 5. The molecule has 0 unspecified atom stereocenters. The molecule has 1 aliphatic rings. The molecule has 0 saturated carbocycles. The fourth-order valence-corrected chi connectivity index (χ4v) is 5.16. The summed E-state index contributed by atoms with van der Waals surface area (Å²) >= 11 is 0. The third-order valence-electron chi connectivity index (χ3n) is 8.25. The summed E-state index contributed by atoms with van der Waals surface area (Å²) in [5, 5.41) is 49.9. The van der Waals surface area contributed by atoms with Crippen molar-refractivity contribution in [3.63, 3.8) is 0 Å². The van der Waals surface area contributed by atoms with Gasteiger partial charge in [-0.25, -0.2) is 0 Å². The van der Waals surface area contributed by atoms with Crippen LogP contribution in [0.2, 0.25) is 0 Å². The van der Waals surface area contributed by atoms with E-state index in [1.54, 1.807) is 0 Å². The first-order valence-corrected chi connectivity index (χ1v) is 18.3. The average Bonchev–Trinajstić information content (AvgIpc) is 3.10. The van der Waals surface area contributed by atoms with Gasteiger partial charge < -0.3 is 54.0 Å². The highest BCUT2D eigenvalue weighted by molar-refractivity contribution is 5.72. The van der Waals surface area contributed by atoms with Gasteiger partial charge in [-0.2, -0.15) is 0 Å². The minimum absolute atomic E-state index is 0.0102. The molecule has 0 bridgehead atoms. The molecule has 1 saturated heterocycles. The number of unbranched alkanes of at least 4 members (excludes halogenated alkanes) is 7. The number of esters is 4. The maximum atomic E-state index is 13.2. The second-order valence-electron chi connectivity index (χ2n) is 12.7. The zero-order valence-electron chi connectivity index (χ0n) is 30.2. The van der Waals surface area contributed by atoms with Crippen molar-refractivity contribution in [1.29, 1.82) is 0 Å². The molecule has 1 fully saturated rings. The molecular formula is C35H62O15. The summed E-state index contributed by atoms with van der Waals surface area (Å²) in [5.41, 5.74) is 0. The molecule has 9 atom stereocenters. The van der Waals surface area contributed by atoms with Gasteiger partial charge in [0.1, 0.15) is 37.1 Å². The predicted octanol–water partition coefficient (Wildman–Crippen LogP) is 2.37. The van der Waals surface area contributed by atoms with Gasteiger partial charge in [-0.15, -0.1) is 0 Å². The van der Waals surface area contributed by atoms with E-state index in [1.165, 1.54) is 0 Å². The molecule has 15 nitrogen and oxygen atoms in total. The fraction of sp³-hybridized carbons (Fsp3) is 0.886. The molecule has 1 aliphatic heterocycles. The molecule has 1 heterocycles. The molecule has 292 valence electrons. The summed E-state index contributed by atoms with van der Waals surface area (Å²) in [6.07, 6.45) is -7.05. The number of hydrogen-bond acceptors (Lipinski definition) is 15. The van der Waals surface area contributed by atoms with Crippen molar-refractivity contribution in [1.82, 2.24) is 0 Å². The summed E-state index contributed by atoms with van der Waals surface area (Å²) in [6.45, 7) is 5.70. The van der Waals surface area contributed by atoms with Gasteiger partial charge in [0.2, 0.25) is 0 Å². The maximum Gasteiger partial charge on any atom is 0.306 e. The van der Waals surface area contributed by atoms with Crippen LogP contribution in [0.1, 0.15) is 124 Å². The molecule has 0 radical (unpaired) electrons. The van der Waals surface area contributed by atoms with Crippen LogP contribution in [0.3, 0.4) is 0 Å². The molecule has 50 heavy (non-hydrogen) atoms. The van der Waals surface area contributed by atoms with E-state index in [9.17, 15) is 39.6 Å². The molecule has 0 aromatic rings. The predicted molar refractivity (Wildman–Crippen MR) is 178 cm³/mol. The monoisotopic (exact) mass is 722 g/mol. The first kappa shape index (κ1) is 45.6. The third kappa shape index (κ3) is 17.2. The summed E-state index contributed by atoms with van der Waals surface area (Å²) in [4.78, 5) is 51.9. The van der Waals surface area contributed by atoms with E-state index < -0.39 is 98.8 Å². The summed E-state index contributed by atoms with van der Waals surface area (Å²) in [5.74, 6) is -2.54. The maximum absolute atomic E-state index is 13.2. The Hall–Kier alpha value is -2.40.